The standard InChI is InChI=1S/C11H20N4O/c1-5-16-9-8-15(4)11-12-7-6-10(13-11)14(2)3/h6-7H,5,8-9H2,1-4H3. The van der Waals surface area contributed by atoms with Crippen molar-refractivity contribution in [1.82, 2.24) is 9.97 Å². The maximum absolute atomic E-state index is 5.30. The van der Waals surface area contributed by atoms with Gasteiger partial charge in [0.05, 0.1) is 6.61 Å². The minimum absolute atomic E-state index is 0.697. The third-order valence-electron chi connectivity index (χ3n) is 2.20. The zero-order chi connectivity index (χ0) is 12.0. The maximum Gasteiger partial charge on any atom is 0.227 e. The van der Waals surface area contributed by atoms with Crippen LogP contribution in [0.3, 0.4) is 0 Å². The van der Waals surface area contributed by atoms with Crippen LogP contribution in [0.2, 0.25) is 0 Å². The molecule has 1 rings (SSSR count). The molecule has 0 aliphatic heterocycles. The van der Waals surface area contributed by atoms with Crippen molar-refractivity contribution in [2.75, 3.05) is 50.7 Å². The molecule has 0 saturated heterocycles. The summed E-state index contributed by atoms with van der Waals surface area (Å²) in [5.41, 5.74) is 0. The normalized spacial score (nSPS) is 10.2. The van der Waals surface area contributed by atoms with Crippen LogP contribution >= 0.6 is 0 Å². The first-order valence-electron chi connectivity index (χ1n) is 5.44. The second-order valence-electron chi connectivity index (χ2n) is 3.73. The molecule has 0 saturated carbocycles. The predicted molar refractivity (Wildman–Crippen MR) is 66.1 cm³/mol. The van der Waals surface area contributed by atoms with Crippen LogP contribution < -0.4 is 9.80 Å². The predicted octanol–water partition coefficient (Wildman–Crippen LogP) is 1.02. The van der Waals surface area contributed by atoms with Gasteiger partial charge in [-0.25, -0.2) is 4.98 Å². The lowest BCUT2D eigenvalue weighted by Crippen LogP contribution is -2.25. The molecule has 1 heterocycles. The lowest BCUT2D eigenvalue weighted by Gasteiger charge is -2.18. The fraction of sp³-hybridized carbons (Fsp3) is 0.636. The zero-order valence-electron chi connectivity index (χ0n) is 10.5. The van der Waals surface area contributed by atoms with Crippen molar-refractivity contribution in [3.05, 3.63) is 12.3 Å². The van der Waals surface area contributed by atoms with E-state index in [-0.39, 0.29) is 0 Å². The van der Waals surface area contributed by atoms with Gasteiger partial charge in [-0.15, -0.1) is 0 Å². The molecular formula is C11H20N4O. The van der Waals surface area contributed by atoms with E-state index in [0.29, 0.717) is 6.61 Å². The molecule has 0 radical (unpaired) electrons. The molecule has 0 aliphatic rings. The number of hydrogen-bond donors (Lipinski definition) is 0. The largest absolute Gasteiger partial charge is 0.380 e. The number of likely N-dealkylation sites (N-methyl/N-ethyl adjacent to an activating group) is 1. The lowest BCUT2D eigenvalue weighted by atomic mass is 10.5. The van der Waals surface area contributed by atoms with Crippen molar-refractivity contribution in [3.8, 4) is 0 Å². The minimum atomic E-state index is 0.697. The fourth-order valence-corrected chi connectivity index (χ4v) is 1.22. The van der Waals surface area contributed by atoms with Crippen molar-refractivity contribution in [1.29, 1.82) is 0 Å². The smallest absolute Gasteiger partial charge is 0.227 e. The van der Waals surface area contributed by atoms with E-state index >= 15 is 0 Å². The van der Waals surface area contributed by atoms with Crippen molar-refractivity contribution < 1.29 is 4.74 Å². The third kappa shape index (κ3) is 3.66. The Bertz CT molecular complexity index is 317. The van der Waals surface area contributed by atoms with E-state index in [9.17, 15) is 0 Å². The van der Waals surface area contributed by atoms with Gasteiger partial charge in [-0.05, 0) is 13.0 Å². The second-order valence-corrected chi connectivity index (χ2v) is 3.73. The van der Waals surface area contributed by atoms with Crippen molar-refractivity contribution in [3.63, 3.8) is 0 Å². The molecule has 16 heavy (non-hydrogen) atoms. The number of aromatic nitrogens is 2. The molecule has 0 fully saturated rings. The molecule has 0 unspecified atom stereocenters. The summed E-state index contributed by atoms with van der Waals surface area (Å²) in [5, 5.41) is 0. The van der Waals surface area contributed by atoms with E-state index in [1.165, 1.54) is 0 Å². The average Bonchev–Trinajstić information content (AvgIpc) is 2.29. The first-order chi connectivity index (χ1) is 7.65. The highest BCUT2D eigenvalue weighted by molar-refractivity contribution is 5.41. The molecule has 0 bridgehead atoms. The summed E-state index contributed by atoms with van der Waals surface area (Å²) in [6.07, 6.45) is 1.77. The van der Waals surface area contributed by atoms with E-state index in [0.717, 1.165) is 24.9 Å². The van der Waals surface area contributed by atoms with Gasteiger partial charge in [0.2, 0.25) is 5.95 Å². The van der Waals surface area contributed by atoms with Crippen molar-refractivity contribution >= 4 is 11.8 Å². The van der Waals surface area contributed by atoms with Crippen molar-refractivity contribution in [2.45, 2.75) is 6.92 Å². The number of hydrogen-bond acceptors (Lipinski definition) is 5. The Labute approximate surface area is 97.1 Å². The van der Waals surface area contributed by atoms with E-state index in [1.807, 2.05) is 43.9 Å². The van der Waals surface area contributed by atoms with Gasteiger partial charge < -0.3 is 14.5 Å². The number of anilines is 2. The van der Waals surface area contributed by atoms with Crippen LogP contribution in [-0.2, 0) is 4.74 Å². The Morgan fingerprint density at radius 1 is 1.31 bits per heavy atom. The number of ether oxygens (including phenoxy) is 1. The molecule has 5 heteroatoms. The maximum atomic E-state index is 5.30. The van der Waals surface area contributed by atoms with Gasteiger partial charge in [0.1, 0.15) is 5.82 Å². The Kier molecular flexibility index (Phi) is 4.98. The van der Waals surface area contributed by atoms with E-state index < -0.39 is 0 Å². The summed E-state index contributed by atoms with van der Waals surface area (Å²) >= 11 is 0. The molecule has 0 aromatic carbocycles. The van der Waals surface area contributed by atoms with Gasteiger partial charge in [-0.3, -0.25) is 0 Å². The van der Waals surface area contributed by atoms with Crippen LogP contribution in [0, 0.1) is 0 Å². The van der Waals surface area contributed by atoms with Gasteiger partial charge in [0.15, 0.2) is 0 Å². The van der Waals surface area contributed by atoms with Crippen LogP contribution in [0.1, 0.15) is 6.92 Å². The Morgan fingerprint density at radius 3 is 2.69 bits per heavy atom. The third-order valence-corrected chi connectivity index (χ3v) is 2.20. The highest BCUT2D eigenvalue weighted by Crippen LogP contribution is 2.10. The molecule has 1 aromatic rings. The molecule has 0 aliphatic carbocycles. The molecule has 0 atom stereocenters. The van der Waals surface area contributed by atoms with Crippen molar-refractivity contribution in [2.24, 2.45) is 0 Å². The van der Waals surface area contributed by atoms with E-state index in [2.05, 4.69) is 9.97 Å². The molecule has 0 spiro atoms. The summed E-state index contributed by atoms with van der Waals surface area (Å²) < 4.78 is 5.30. The fourth-order valence-electron chi connectivity index (χ4n) is 1.22. The minimum Gasteiger partial charge on any atom is -0.380 e. The summed E-state index contributed by atoms with van der Waals surface area (Å²) in [6, 6.07) is 1.89. The van der Waals surface area contributed by atoms with Crippen LogP contribution in [0.5, 0.6) is 0 Å². The average molecular weight is 224 g/mol. The van der Waals surface area contributed by atoms with Crippen LogP contribution in [-0.4, -0.2) is 50.9 Å². The summed E-state index contributed by atoms with van der Waals surface area (Å²) in [6.45, 7) is 4.23. The molecule has 0 amide bonds. The summed E-state index contributed by atoms with van der Waals surface area (Å²) in [5.74, 6) is 1.64. The molecule has 90 valence electrons. The van der Waals surface area contributed by atoms with Gasteiger partial charge in [0.25, 0.3) is 0 Å². The molecule has 5 nitrogen and oxygen atoms in total. The summed E-state index contributed by atoms with van der Waals surface area (Å²) in [4.78, 5) is 12.6. The molecule has 0 N–H and O–H groups in total. The second kappa shape index (κ2) is 6.27. The van der Waals surface area contributed by atoms with Crippen LogP contribution in [0.15, 0.2) is 12.3 Å². The van der Waals surface area contributed by atoms with E-state index in [4.69, 9.17) is 4.74 Å². The Hall–Kier alpha value is -1.36. The lowest BCUT2D eigenvalue weighted by molar-refractivity contribution is 0.154. The molecule has 1 aromatic heterocycles. The zero-order valence-corrected chi connectivity index (χ0v) is 10.5. The van der Waals surface area contributed by atoms with Gasteiger partial charge in [-0.2, -0.15) is 4.98 Å². The topological polar surface area (TPSA) is 41.5 Å². The van der Waals surface area contributed by atoms with Gasteiger partial charge in [0, 0.05) is 40.5 Å². The van der Waals surface area contributed by atoms with E-state index in [1.54, 1.807) is 6.20 Å². The number of rotatable bonds is 6. The van der Waals surface area contributed by atoms with Crippen LogP contribution in [0.25, 0.3) is 0 Å². The first kappa shape index (κ1) is 12.7. The number of nitrogens with zero attached hydrogens (tertiary/aromatic N) is 4. The van der Waals surface area contributed by atoms with Gasteiger partial charge >= 0.3 is 0 Å². The van der Waals surface area contributed by atoms with Gasteiger partial charge in [-0.1, -0.05) is 0 Å². The molecular weight excluding hydrogens is 204 g/mol. The first-order valence-corrected chi connectivity index (χ1v) is 5.44. The SMILES string of the molecule is CCOCCN(C)c1nccc(N(C)C)n1. The highest BCUT2D eigenvalue weighted by Gasteiger charge is 2.05. The monoisotopic (exact) mass is 224 g/mol. The Balaban J connectivity index is 2.60. The van der Waals surface area contributed by atoms with Crippen LogP contribution in [0.4, 0.5) is 11.8 Å². The summed E-state index contributed by atoms with van der Waals surface area (Å²) in [7, 11) is 5.90. The highest BCUT2D eigenvalue weighted by atomic mass is 16.5. The quantitative estimate of drug-likeness (QED) is 0.675. The Morgan fingerprint density at radius 2 is 2.06 bits per heavy atom.